The molecule has 7 atom stereocenters. The molecule has 8 nitrogen and oxygen atoms in total. The van der Waals surface area contributed by atoms with Crippen LogP contribution in [-0.4, -0.2) is 55.6 Å². The first-order chi connectivity index (χ1) is 19.9. The zero-order valence-corrected chi connectivity index (χ0v) is 25.6. The third-order valence-electron chi connectivity index (χ3n) is 9.49. The minimum absolute atomic E-state index is 0.0403. The molecule has 2 N–H and O–H groups in total. The highest BCUT2D eigenvalue weighted by atomic mass is 35.5. The molecule has 0 radical (unpaired) electrons. The molecule has 3 aromatic rings. The van der Waals surface area contributed by atoms with Gasteiger partial charge in [-0.25, -0.2) is 9.67 Å². The first-order valence-corrected chi connectivity index (χ1v) is 16.1. The molecule has 2 aliphatic heterocycles. The third-order valence-corrected chi connectivity index (χ3v) is 10.3. The molecule has 6 rings (SSSR count). The molecule has 2 saturated heterocycles. The van der Waals surface area contributed by atoms with Gasteiger partial charge in [-0.1, -0.05) is 54.6 Å². The van der Waals surface area contributed by atoms with E-state index in [1.807, 2.05) is 10.6 Å². The van der Waals surface area contributed by atoms with Crippen molar-refractivity contribution in [3.8, 4) is 16.9 Å². The average Bonchev–Trinajstić information content (AvgIpc) is 3.40. The molecule has 41 heavy (non-hydrogen) atoms. The van der Waals surface area contributed by atoms with Gasteiger partial charge in [0.1, 0.15) is 0 Å². The predicted molar refractivity (Wildman–Crippen MR) is 164 cm³/mol. The average molecular weight is 619 g/mol. The Kier molecular flexibility index (Phi) is 9.03. The van der Waals surface area contributed by atoms with Crippen molar-refractivity contribution in [3.05, 3.63) is 57.3 Å². The normalized spacial score (nSPS) is 31.1. The molecule has 1 aromatic carbocycles. The Labute approximate surface area is 256 Å². The van der Waals surface area contributed by atoms with Gasteiger partial charge in [0, 0.05) is 41.8 Å². The molecule has 3 aliphatic rings. The summed E-state index contributed by atoms with van der Waals surface area (Å²) in [6.07, 6.45) is 11.2. The first kappa shape index (κ1) is 29.1. The van der Waals surface area contributed by atoms with Gasteiger partial charge >= 0.3 is 0 Å². The molecule has 2 aromatic heterocycles. The van der Waals surface area contributed by atoms with Crippen molar-refractivity contribution in [3.63, 3.8) is 0 Å². The maximum Gasteiger partial charge on any atom is 0.254 e. The minimum Gasteiger partial charge on any atom is -0.314 e. The topological polar surface area (TPSA) is 89.7 Å². The van der Waals surface area contributed by atoms with Gasteiger partial charge in [0.15, 0.2) is 5.15 Å². The van der Waals surface area contributed by atoms with Crippen molar-refractivity contribution in [2.24, 2.45) is 23.7 Å². The zero-order chi connectivity index (χ0) is 28.5. The Morgan fingerprint density at radius 3 is 2.63 bits per heavy atom. The van der Waals surface area contributed by atoms with Crippen LogP contribution in [0.2, 0.25) is 10.2 Å². The Bertz CT molecular complexity index is 1410. The summed E-state index contributed by atoms with van der Waals surface area (Å²) in [4.78, 5) is 18.6. The van der Waals surface area contributed by atoms with Crippen LogP contribution >= 0.6 is 34.8 Å². The number of rotatable bonds is 3. The van der Waals surface area contributed by atoms with Crippen LogP contribution in [0.15, 0.2) is 41.6 Å². The van der Waals surface area contributed by atoms with E-state index in [1.54, 1.807) is 35.4 Å². The van der Waals surface area contributed by atoms with Crippen molar-refractivity contribution in [2.45, 2.75) is 69.3 Å². The van der Waals surface area contributed by atoms with Crippen LogP contribution in [-0.2, 0) is 0 Å². The van der Waals surface area contributed by atoms with E-state index in [1.165, 1.54) is 12.8 Å². The van der Waals surface area contributed by atoms with Crippen LogP contribution in [0.4, 0.5) is 0 Å². The number of nitrogens with zero attached hydrogens (tertiary/aromatic N) is 5. The van der Waals surface area contributed by atoms with Gasteiger partial charge in [0.05, 0.1) is 29.3 Å². The lowest BCUT2D eigenvalue weighted by Crippen LogP contribution is -2.57. The van der Waals surface area contributed by atoms with E-state index in [2.05, 4.69) is 27.9 Å². The fraction of sp³-hybridized carbons (Fsp3) is 0.600. The van der Waals surface area contributed by atoms with Gasteiger partial charge in [-0.2, -0.15) is 0 Å². The van der Waals surface area contributed by atoms with Crippen molar-refractivity contribution in [1.29, 1.82) is 0 Å². The fourth-order valence-electron chi connectivity index (χ4n) is 7.51. The van der Waals surface area contributed by atoms with E-state index >= 15 is 0 Å². The molecule has 11 heteroatoms. The van der Waals surface area contributed by atoms with Gasteiger partial charge in [-0.15, -0.1) is 16.7 Å². The summed E-state index contributed by atoms with van der Waals surface area (Å²) in [5.74, 6) is 1.98. The van der Waals surface area contributed by atoms with Gasteiger partial charge in [-0.05, 0) is 74.1 Å². The van der Waals surface area contributed by atoms with Crippen molar-refractivity contribution >= 4 is 34.8 Å². The highest BCUT2D eigenvalue weighted by molar-refractivity contribution is 6.31. The number of benzene rings is 1. The molecule has 2 bridgehead atoms. The van der Waals surface area contributed by atoms with E-state index in [0.717, 1.165) is 51.7 Å². The lowest BCUT2D eigenvalue weighted by atomic mass is 9.68. The predicted octanol–water partition coefficient (Wildman–Crippen LogP) is 5.75. The standard InChI is InChI=1S/C30H38Cl3N7O/c1-18-4-2-7-26(19-5-3-6-20(10-19)30-23(32)14-34-15-25(30)35-13-18)39-17-36-24(12-29(39)41)22-11-21(31)8-9-27(22)40-16-28(33)37-38-40/h8-9,11-12,16-20,23,25-26,30,34-35H,2-7,10,13-15H2,1H3/t18-,19?,20?,23?,25?,26+,30?/m1/s1. The summed E-state index contributed by atoms with van der Waals surface area (Å²) in [7, 11) is 0. The van der Waals surface area contributed by atoms with Crippen LogP contribution in [0.5, 0.6) is 0 Å². The molecule has 1 saturated carbocycles. The molecular weight excluding hydrogens is 581 g/mol. The number of aromatic nitrogens is 5. The van der Waals surface area contributed by atoms with Crippen LogP contribution < -0.4 is 16.2 Å². The quantitative estimate of drug-likeness (QED) is 0.364. The highest BCUT2D eigenvalue weighted by Crippen LogP contribution is 2.44. The molecule has 4 heterocycles. The minimum atomic E-state index is -0.0403. The Morgan fingerprint density at radius 1 is 1.00 bits per heavy atom. The van der Waals surface area contributed by atoms with Crippen molar-refractivity contribution in [1.82, 2.24) is 35.2 Å². The summed E-state index contributed by atoms with van der Waals surface area (Å²) in [5.41, 5.74) is 1.91. The molecule has 5 unspecified atom stereocenters. The van der Waals surface area contributed by atoms with Crippen molar-refractivity contribution < 1.29 is 0 Å². The van der Waals surface area contributed by atoms with E-state index in [-0.39, 0.29) is 22.1 Å². The van der Waals surface area contributed by atoms with Gasteiger partial charge in [0.2, 0.25) is 0 Å². The second-order valence-electron chi connectivity index (χ2n) is 12.2. The van der Waals surface area contributed by atoms with E-state index in [4.69, 9.17) is 39.8 Å². The first-order valence-electron chi connectivity index (χ1n) is 14.9. The molecule has 0 amide bonds. The number of nitrogens with one attached hydrogen (secondary N) is 2. The zero-order valence-electron chi connectivity index (χ0n) is 23.4. The third kappa shape index (κ3) is 6.37. The monoisotopic (exact) mass is 617 g/mol. The van der Waals surface area contributed by atoms with E-state index < -0.39 is 0 Å². The smallest absolute Gasteiger partial charge is 0.254 e. The summed E-state index contributed by atoms with van der Waals surface area (Å²) < 4.78 is 3.48. The lowest BCUT2D eigenvalue weighted by molar-refractivity contribution is 0.103. The largest absolute Gasteiger partial charge is 0.314 e. The molecule has 1 aliphatic carbocycles. The van der Waals surface area contributed by atoms with Gasteiger partial charge in [0.25, 0.3) is 5.56 Å². The summed E-state index contributed by atoms with van der Waals surface area (Å²) >= 11 is 19.4. The number of alkyl halides is 1. The van der Waals surface area contributed by atoms with Crippen LogP contribution in [0, 0.1) is 23.7 Å². The Morgan fingerprint density at radius 2 is 1.83 bits per heavy atom. The maximum absolute atomic E-state index is 13.8. The number of hydrogen-bond donors (Lipinski definition) is 2. The SMILES string of the molecule is C[C@@H]1CCC[C@H](n2cnc(-c3cc(Cl)ccc3-n3cc(Cl)nn3)cc2=O)C2CCCC(C2)C2C(Cl)CNCC2NC1. The van der Waals surface area contributed by atoms with E-state index in [0.29, 0.717) is 51.7 Å². The summed E-state index contributed by atoms with van der Waals surface area (Å²) in [5, 5.41) is 16.4. The van der Waals surface area contributed by atoms with Gasteiger partial charge in [-0.3, -0.25) is 9.36 Å². The second kappa shape index (κ2) is 12.7. The lowest BCUT2D eigenvalue weighted by Gasteiger charge is -2.46. The van der Waals surface area contributed by atoms with Gasteiger partial charge < -0.3 is 10.6 Å². The maximum atomic E-state index is 13.8. The second-order valence-corrected chi connectivity index (χ2v) is 13.6. The fourth-order valence-corrected chi connectivity index (χ4v) is 8.30. The van der Waals surface area contributed by atoms with Crippen LogP contribution in [0.1, 0.15) is 57.9 Å². The Hall–Kier alpha value is -1.97. The summed E-state index contributed by atoms with van der Waals surface area (Å²) in [6, 6.07) is 7.55. The van der Waals surface area contributed by atoms with E-state index in [9.17, 15) is 4.79 Å². The molecule has 220 valence electrons. The van der Waals surface area contributed by atoms with Crippen LogP contribution in [0.3, 0.4) is 0 Å². The number of fused-ring (bicyclic) bond motifs is 4. The number of piperidine rings is 1. The molecular formula is C30H38Cl3N7O. The number of halogens is 3. The highest BCUT2D eigenvalue weighted by Gasteiger charge is 2.41. The van der Waals surface area contributed by atoms with Crippen molar-refractivity contribution in [2.75, 3.05) is 19.6 Å². The van der Waals surface area contributed by atoms with Crippen LogP contribution in [0.25, 0.3) is 16.9 Å². The molecule has 3 fully saturated rings. The molecule has 0 spiro atoms. The Balaban J connectivity index is 1.33. The number of hydrogen-bond acceptors (Lipinski definition) is 6. The summed E-state index contributed by atoms with van der Waals surface area (Å²) in [6.45, 7) is 5.16.